The van der Waals surface area contributed by atoms with E-state index in [4.69, 9.17) is 0 Å². The molecular weight excluding hydrogens is 346 g/mol. The summed E-state index contributed by atoms with van der Waals surface area (Å²) >= 11 is 1.25. The van der Waals surface area contributed by atoms with Crippen LogP contribution < -0.4 is 4.72 Å². The predicted molar refractivity (Wildman–Crippen MR) is 82.1 cm³/mol. The average Bonchev–Trinajstić information content (AvgIpc) is 2.97. The number of nitrogens with one attached hydrogen (secondary N) is 1. The Bertz CT molecular complexity index is 995. The van der Waals surface area contributed by atoms with Crippen molar-refractivity contribution < 1.29 is 17.2 Å². The highest BCUT2D eigenvalue weighted by Gasteiger charge is 2.27. The molecule has 0 aliphatic carbocycles. The maximum absolute atomic E-state index is 13.7. The van der Waals surface area contributed by atoms with E-state index in [1.165, 1.54) is 15.9 Å². The molecule has 0 saturated heterocycles. The molecule has 3 aromatic rings. The fraction of sp³-hybridized carbons (Fsp3) is 0.231. The first-order chi connectivity index (χ1) is 10.8. The molecule has 0 unspecified atom stereocenters. The number of anilines is 1. The molecule has 6 nitrogen and oxygen atoms in total. The lowest BCUT2D eigenvalue weighted by Gasteiger charge is -2.09. The van der Waals surface area contributed by atoms with Gasteiger partial charge in [-0.05, 0) is 25.5 Å². The van der Waals surface area contributed by atoms with Gasteiger partial charge in [0.05, 0.1) is 11.4 Å². The van der Waals surface area contributed by atoms with Crippen molar-refractivity contribution in [3.05, 3.63) is 40.5 Å². The Morgan fingerprint density at radius 1 is 1.35 bits per heavy atom. The van der Waals surface area contributed by atoms with Gasteiger partial charge in [0.15, 0.2) is 0 Å². The van der Waals surface area contributed by atoms with Crippen LogP contribution in [0.25, 0.3) is 4.96 Å². The van der Waals surface area contributed by atoms with E-state index in [1.807, 2.05) is 0 Å². The van der Waals surface area contributed by atoms with Gasteiger partial charge in [-0.25, -0.2) is 13.8 Å². The van der Waals surface area contributed by atoms with E-state index in [2.05, 4.69) is 14.8 Å². The number of hydrogen-bond acceptors (Lipinski definition) is 5. The number of rotatable bonds is 4. The summed E-state index contributed by atoms with van der Waals surface area (Å²) < 4.78 is 55.3. The van der Waals surface area contributed by atoms with Gasteiger partial charge in [0.1, 0.15) is 16.6 Å². The zero-order chi connectivity index (χ0) is 16.8. The Hall–Kier alpha value is -2.07. The standard InChI is InChI=1S/C13H12F2N4O2S2/c1-3-10-12(19-13(16-10)22-7(2)17-19)23(20,21)18-11-5-4-8(14)6-9(11)15/h4-6,18H,3H2,1-2H3. The third-order valence-corrected chi connectivity index (χ3v) is 5.33. The molecule has 0 bridgehead atoms. The molecule has 3 rings (SSSR count). The Labute approximate surface area is 134 Å². The Balaban J connectivity index is 2.12. The fourth-order valence-corrected chi connectivity index (χ4v) is 4.36. The molecule has 0 spiro atoms. The van der Waals surface area contributed by atoms with Gasteiger partial charge in [-0.2, -0.15) is 18.0 Å². The molecule has 0 radical (unpaired) electrons. The van der Waals surface area contributed by atoms with Crippen molar-refractivity contribution in [1.29, 1.82) is 0 Å². The van der Waals surface area contributed by atoms with Crippen molar-refractivity contribution in [3.63, 3.8) is 0 Å². The lowest BCUT2D eigenvalue weighted by atomic mass is 10.3. The monoisotopic (exact) mass is 358 g/mol. The third-order valence-electron chi connectivity index (χ3n) is 3.10. The molecule has 0 aliphatic rings. The van der Waals surface area contributed by atoms with E-state index in [9.17, 15) is 17.2 Å². The summed E-state index contributed by atoms with van der Waals surface area (Å²) in [7, 11) is -4.13. The van der Waals surface area contributed by atoms with Crippen LogP contribution in [0.15, 0.2) is 23.2 Å². The molecule has 10 heteroatoms. The molecule has 0 aliphatic heterocycles. The highest BCUT2D eigenvalue weighted by atomic mass is 32.2. The lowest BCUT2D eigenvalue weighted by molar-refractivity contribution is 0.580. The summed E-state index contributed by atoms with van der Waals surface area (Å²) in [5.41, 5.74) is -0.00544. The van der Waals surface area contributed by atoms with Gasteiger partial charge in [-0.15, -0.1) is 0 Å². The van der Waals surface area contributed by atoms with Crippen molar-refractivity contribution in [2.24, 2.45) is 0 Å². The largest absolute Gasteiger partial charge is 0.281 e. The van der Waals surface area contributed by atoms with Crippen LogP contribution in [0.5, 0.6) is 0 Å². The number of hydrogen-bond donors (Lipinski definition) is 1. The second kappa shape index (κ2) is 5.53. The van der Waals surface area contributed by atoms with Crippen LogP contribution in [-0.4, -0.2) is 23.0 Å². The van der Waals surface area contributed by atoms with Crippen LogP contribution in [0.1, 0.15) is 17.6 Å². The number of aryl methyl sites for hydroxylation is 2. The lowest BCUT2D eigenvalue weighted by Crippen LogP contribution is -2.18. The molecule has 0 fully saturated rings. The van der Waals surface area contributed by atoms with Crippen LogP contribution in [-0.2, 0) is 16.4 Å². The first-order valence-electron chi connectivity index (χ1n) is 6.64. The quantitative estimate of drug-likeness (QED) is 0.778. The van der Waals surface area contributed by atoms with Crippen molar-refractivity contribution in [2.45, 2.75) is 25.3 Å². The number of benzene rings is 1. The van der Waals surface area contributed by atoms with Crippen molar-refractivity contribution >= 4 is 32.0 Å². The molecule has 23 heavy (non-hydrogen) atoms. The second-order valence-corrected chi connectivity index (χ2v) is 7.52. The van der Waals surface area contributed by atoms with E-state index in [0.29, 0.717) is 28.1 Å². The first kappa shape index (κ1) is 15.8. The highest BCUT2D eigenvalue weighted by Crippen LogP contribution is 2.25. The molecule has 2 heterocycles. The van der Waals surface area contributed by atoms with Crippen molar-refractivity contribution in [3.8, 4) is 0 Å². The van der Waals surface area contributed by atoms with Crippen molar-refractivity contribution in [1.82, 2.24) is 14.6 Å². The van der Waals surface area contributed by atoms with Gasteiger partial charge < -0.3 is 0 Å². The van der Waals surface area contributed by atoms with E-state index >= 15 is 0 Å². The van der Waals surface area contributed by atoms with Gasteiger partial charge in [-0.1, -0.05) is 18.3 Å². The Morgan fingerprint density at radius 3 is 2.74 bits per heavy atom. The fourth-order valence-electron chi connectivity index (χ4n) is 2.13. The maximum atomic E-state index is 13.7. The number of imidazole rings is 1. The smallest absolute Gasteiger partial charge is 0.275 e. The summed E-state index contributed by atoms with van der Waals surface area (Å²) in [5, 5.41) is 4.64. The SMILES string of the molecule is CCc1nc2sc(C)nn2c1S(=O)(=O)Nc1ccc(F)cc1F. The molecule has 0 atom stereocenters. The topological polar surface area (TPSA) is 76.4 Å². The molecule has 0 amide bonds. The minimum absolute atomic E-state index is 0.136. The Kier molecular flexibility index (Phi) is 3.80. The van der Waals surface area contributed by atoms with Crippen molar-refractivity contribution in [2.75, 3.05) is 4.72 Å². The van der Waals surface area contributed by atoms with E-state index in [-0.39, 0.29) is 10.7 Å². The van der Waals surface area contributed by atoms with E-state index in [1.54, 1.807) is 13.8 Å². The summed E-state index contributed by atoms with van der Waals surface area (Å²) in [6.07, 6.45) is 0.372. The summed E-state index contributed by atoms with van der Waals surface area (Å²) in [4.78, 5) is 4.69. The normalized spacial score (nSPS) is 12.0. The van der Waals surface area contributed by atoms with Crippen LogP contribution in [0, 0.1) is 18.6 Å². The average molecular weight is 358 g/mol. The third kappa shape index (κ3) is 2.79. The minimum Gasteiger partial charge on any atom is -0.275 e. The number of fused-ring (bicyclic) bond motifs is 1. The second-order valence-electron chi connectivity index (χ2n) is 4.76. The van der Waals surface area contributed by atoms with Crippen LogP contribution >= 0.6 is 11.3 Å². The molecule has 1 N–H and O–H groups in total. The number of nitrogens with zero attached hydrogens (tertiary/aromatic N) is 3. The van der Waals surface area contributed by atoms with Gasteiger partial charge in [-0.3, -0.25) is 4.72 Å². The molecular formula is C13H12F2N4O2S2. The first-order valence-corrected chi connectivity index (χ1v) is 8.94. The minimum atomic E-state index is -4.13. The van der Waals surface area contributed by atoms with Gasteiger partial charge in [0, 0.05) is 6.07 Å². The Morgan fingerprint density at radius 2 is 2.09 bits per heavy atom. The molecule has 122 valence electrons. The summed E-state index contributed by atoms with van der Waals surface area (Å²) in [6.45, 7) is 3.49. The van der Waals surface area contributed by atoms with Gasteiger partial charge in [0.25, 0.3) is 10.0 Å². The summed E-state index contributed by atoms with van der Waals surface area (Å²) in [5.74, 6) is -1.79. The zero-order valence-electron chi connectivity index (χ0n) is 12.2. The number of aromatic nitrogens is 3. The van der Waals surface area contributed by atoms with E-state index < -0.39 is 21.7 Å². The predicted octanol–water partition coefficient (Wildman–Crippen LogP) is 2.74. The van der Waals surface area contributed by atoms with Crippen LogP contribution in [0.3, 0.4) is 0 Å². The highest BCUT2D eigenvalue weighted by molar-refractivity contribution is 7.92. The number of sulfonamides is 1. The van der Waals surface area contributed by atoms with Gasteiger partial charge in [0.2, 0.25) is 9.99 Å². The molecule has 2 aromatic heterocycles. The van der Waals surface area contributed by atoms with Crippen LogP contribution in [0.2, 0.25) is 0 Å². The van der Waals surface area contributed by atoms with E-state index in [0.717, 1.165) is 12.1 Å². The molecule has 1 aromatic carbocycles. The maximum Gasteiger partial charge on any atom is 0.281 e. The summed E-state index contributed by atoms with van der Waals surface area (Å²) in [6, 6.07) is 2.61. The van der Waals surface area contributed by atoms with Crippen LogP contribution in [0.4, 0.5) is 14.5 Å². The zero-order valence-corrected chi connectivity index (χ0v) is 13.8. The number of halogens is 2. The molecule has 0 saturated carbocycles. The van der Waals surface area contributed by atoms with Gasteiger partial charge >= 0.3 is 0 Å².